The lowest BCUT2D eigenvalue weighted by Gasteiger charge is -2.32. The zero-order chi connectivity index (χ0) is 30.8. The van der Waals surface area contributed by atoms with Crippen LogP contribution < -0.4 is 20.1 Å². The molecule has 4 aliphatic carbocycles. The van der Waals surface area contributed by atoms with Crippen molar-refractivity contribution in [3.63, 3.8) is 0 Å². The average molecular weight is 615 g/mol. The standard InChI is InChI=1S/C40H46N4O2/c1-45-29-10-12-35-31(17-29)33(21-41-35)37-25-6-8-27(15-25)39(37)43-19-23-4-3-5-24(14-23)20-44-40-28-9-7-26(16-28)38(40)34-22-42-36-13-11-30(46-2)18-32(34)36/h3-5,10-14,17-18,21-22,25-28,37-44H,6-9,15-16,19-20H2,1-2H3/t25?,26?,27?,28?,37-,38+,39+,40-. The van der Waals surface area contributed by atoms with E-state index >= 15 is 0 Å². The van der Waals surface area contributed by atoms with Gasteiger partial charge in [-0.3, -0.25) is 0 Å². The molecule has 4 fully saturated rings. The molecule has 4 N–H and O–H groups in total. The predicted octanol–water partition coefficient (Wildman–Crippen LogP) is 8.01. The molecule has 5 aromatic rings. The molecule has 4 aliphatic rings. The summed E-state index contributed by atoms with van der Waals surface area (Å²) in [6, 6.07) is 23.2. The number of methoxy groups -OCH3 is 2. The zero-order valence-electron chi connectivity index (χ0n) is 27.0. The molecule has 46 heavy (non-hydrogen) atoms. The second kappa shape index (κ2) is 11.5. The molecule has 2 heterocycles. The van der Waals surface area contributed by atoms with Crippen molar-refractivity contribution in [1.82, 2.24) is 20.6 Å². The van der Waals surface area contributed by atoms with E-state index < -0.39 is 0 Å². The van der Waals surface area contributed by atoms with Crippen LogP contribution in [0.1, 0.15) is 72.6 Å². The molecule has 0 saturated heterocycles. The summed E-state index contributed by atoms with van der Waals surface area (Å²) in [4.78, 5) is 7.11. The Labute approximate surface area is 271 Å². The number of nitrogens with one attached hydrogen (secondary N) is 4. The molecule has 0 spiro atoms. The number of aromatic amines is 2. The quantitative estimate of drug-likeness (QED) is 0.129. The molecule has 4 saturated carbocycles. The maximum atomic E-state index is 5.59. The molecule has 4 unspecified atom stereocenters. The number of hydrogen-bond acceptors (Lipinski definition) is 4. The molecule has 0 aliphatic heterocycles. The fourth-order valence-electron chi connectivity index (χ4n) is 10.4. The van der Waals surface area contributed by atoms with Crippen LogP contribution in [0.25, 0.3) is 21.8 Å². The Morgan fingerprint density at radius 1 is 0.609 bits per heavy atom. The van der Waals surface area contributed by atoms with Crippen LogP contribution >= 0.6 is 0 Å². The van der Waals surface area contributed by atoms with Gasteiger partial charge in [0.05, 0.1) is 14.2 Å². The van der Waals surface area contributed by atoms with Gasteiger partial charge in [-0.2, -0.15) is 0 Å². The summed E-state index contributed by atoms with van der Waals surface area (Å²) in [5.74, 6) is 6.00. The monoisotopic (exact) mass is 614 g/mol. The molecule has 4 bridgehead atoms. The average Bonchev–Trinajstić information content (AvgIpc) is 3.95. The SMILES string of the molecule is COc1ccc2[nH]cc([C@@H]3C4CCC(C4)[C@H]3NCc3cccc(CN[C@H]4C5CCC(C5)[C@@H]4c4c[nH]c5ccc(OC)cc45)c3)c2c1. The number of rotatable bonds is 10. The van der Waals surface area contributed by atoms with Crippen LogP contribution in [0.5, 0.6) is 11.5 Å². The number of ether oxygens (including phenoxy) is 2. The summed E-state index contributed by atoms with van der Waals surface area (Å²) in [7, 11) is 3.52. The largest absolute Gasteiger partial charge is 0.497 e. The van der Waals surface area contributed by atoms with Crippen molar-refractivity contribution >= 4 is 21.8 Å². The van der Waals surface area contributed by atoms with Crippen molar-refractivity contribution in [3.8, 4) is 11.5 Å². The van der Waals surface area contributed by atoms with Gasteiger partial charge in [-0.25, -0.2) is 0 Å². The highest BCUT2D eigenvalue weighted by atomic mass is 16.5. The van der Waals surface area contributed by atoms with Crippen LogP contribution in [-0.4, -0.2) is 36.3 Å². The fraction of sp³-hybridized carbons (Fsp3) is 0.450. The summed E-state index contributed by atoms with van der Waals surface area (Å²) in [6.45, 7) is 1.83. The van der Waals surface area contributed by atoms with Crippen LogP contribution in [0, 0.1) is 23.7 Å². The second-order valence-electron chi connectivity index (χ2n) is 14.7. The fourth-order valence-corrected chi connectivity index (χ4v) is 10.4. The Balaban J connectivity index is 0.904. The van der Waals surface area contributed by atoms with Gasteiger partial charge in [-0.15, -0.1) is 0 Å². The van der Waals surface area contributed by atoms with E-state index in [0.29, 0.717) is 23.9 Å². The highest BCUT2D eigenvalue weighted by Crippen LogP contribution is 2.55. The molecule has 0 amide bonds. The van der Waals surface area contributed by atoms with Gasteiger partial charge in [0.1, 0.15) is 11.5 Å². The van der Waals surface area contributed by atoms with Crippen LogP contribution in [-0.2, 0) is 13.1 Å². The van der Waals surface area contributed by atoms with Gasteiger partial charge in [0.25, 0.3) is 0 Å². The Bertz CT molecular complexity index is 1740. The lowest BCUT2D eigenvalue weighted by Crippen LogP contribution is -2.39. The van der Waals surface area contributed by atoms with Crippen LogP contribution in [0.4, 0.5) is 0 Å². The molecular formula is C40H46N4O2. The number of hydrogen-bond donors (Lipinski definition) is 4. The Morgan fingerprint density at radius 3 is 1.57 bits per heavy atom. The number of benzene rings is 3. The van der Waals surface area contributed by atoms with Crippen LogP contribution in [0.3, 0.4) is 0 Å². The minimum atomic E-state index is 0.510. The van der Waals surface area contributed by atoms with Gasteiger partial charge in [0, 0.05) is 71.2 Å². The molecule has 6 nitrogen and oxygen atoms in total. The van der Waals surface area contributed by atoms with Gasteiger partial charge in [0.2, 0.25) is 0 Å². The maximum Gasteiger partial charge on any atom is 0.119 e. The highest BCUT2D eigenvalue weighted by molar-refractivity contribution is 5.86. The van der Waals surface area contributed by atoms with Gasteiger partial charge in [-0.1, -0.05) is 24.3 Å². The summed E-state index contributed by atoms with van der Waals surface area (Å²) in [5, 5.41) is 10.8. The minimum absolute atomic E-state index is 0.510. The number of fused-ring (bicyclic) bond motifs is 6. The Morgan fingerprint density at radius 2 is 1.09 bits per heavy atom. The first-order valence-corrected chi connectivity index (χ1v) is 17.5. The van der Waals surface area contributed by atoms with Crippen molar-refractivity contribution in [2.24, 2.45) is 23.7 Å². The number of H-pyrrole nitrogens is 2. The van der Waals surface area contributed by atoms with Gasteiger partial charge in [0.15, 0.2) is 0 Å². The molecule has 9 rings (SSSR count). The first kappa shape index (κ1) is 28.5. The summed E-state index contributed by atoms with van der Waals surface area (Å²) < 4.78 is 11.2. The van der Waals surface area contributed by atoms with E-state index in [4.69, 9.17) is 9.47 Å². The molecule has 0 radical (unpaired) electrons. The van der Waals surface area contributed by atoms with E-state index in [0.717, 1.165) is 48.3 Å². The van der Waals surface area contributed by atoms with Crippen molar-refractivity contribution in [1.29, 1.82) is 0 Å². The second-order valence-corrected chi connectivity index (χ2v) is 14.7. The zero-order valence-corrected chi connectivity index (χ0v) is 27.0. The minimum Gasteiger partial charge on any atom is -0.497 e. The maximum absolute atomic E-state index is 5.59. The Kier molecular flexibility index (Phi) is 7.12. The summed E-state index contributed by atoms with van der Waals surface area (Å²) >= 11 is 0. The van der Waals surface area contributed by atoms with E-state index in [1.54, 1.807) is 14.2 Å². The smallest absolute Gasteiger partial charge is 0.119 e. The summed E-state index contributed by atoms with van der Waals surface area (Å²) in [6.07, 6.45) is 12.6. The van der Waals surface area contributed by atoms with E-state index in [-0.39, 0.29) is 0 Å². The normalized spacial score (nSPS) is 29.8. The van der Waals surface area contributed by atoms with Crippen molar-refractivity contribution in [3.05, 3.63) is 95.3 Å². The van der Waals surface area contributed by atoms with Crippen molar-refractivity contribution < 1.29 is 9.47 Å². The molecule has 3 aromatic carbocycles. The molecule has 8 atom stereocenters. The third-order valence-corrected chi connectivity index (χ3v) is 12.5. The van der Waals surface area contributed by atoms with Gasteiger partial charge < -0.3 is 30.1 Å². The van der Waals surface area contributed by atoms with E-state index in [1.165, 1.54) is 82.6 Å². The van der Waals surface area contributed by atoms with E-state index in [1.807, 2.05) is 0 Å². The first-order valence-electron chi connectivity index (χ1n) is 17.5. The van der Waals surface area contributed by atoms with Crippen LogP contribution in [0.2, 0.25) is 0 Å². The third-order valence-electron chi connectivity index (χ3n) is 12.5. The molecule has 2 aromatic heterocycles. The number of aromatic nitrogens is 2. The van der Waals surface area contributed by atoms with Crippen molar-refractivity contribution in [2.45, 2.75) is 75.5 Å². The lowest BCUT2D eigenvalue weighted by molar-refractivity contribution is 0.309. The van der Waals surface area contributed by atoms with Crippen molar-refractivity contribution in [2.75, 3.05) is 14.2 Å². The van der Waals surface area contributed by atoms with Crippen LogP contribution in [0.15, 0.2) is 73.1 Å². The van der Waals surface area contributed by atoms with E-state index in [9.17, 15) is 0 Å². The van der Waals surface area contributed by atoms with Gasteiger partial charge >= 0.3 is 0 Å². The third kappa shape index (κ3) is 4.75. The lowest BCUT2D eigenvalue weighted by atomic mass is 9.79. The highest BCUT2D eigenvalue weighted by Gasteiger charge is 2.49. The van der Waals surface area contributed by atoms with Gasteiger partial charge in [-0.05, 0) is 121 Å². The predicted molar refractivity (Wildman–Crippen MR) is 185 cm³/mol. The molecular weight excluding hydrogens is 568 g/mol. The molecule has 238 valence electrons. The van der Waals surface area contributed by atoms with E-state index in [2.05, 4.69) is 93.7 Å². The Hall–Kier alpha value is -3.74. The summed E-state index contributed by atoms with van der Waals surface area (Å²) in [5.41, 5.74) is 8.11. The first-order chi connectivity index (χ1) is 22.7. The topological polar surface area (TPSA) is 74.1 Å². The molecule has 6 heteroatoms.